The quantitative estimate of drug-likeness (QED) is 0.603. The van der Waals surface area contributed by atoms with Gasteiger partial charge >= 0.3 is 0 Å². The molecule has 18 heavy (non-hydrogen) atoms. The van der Waals surface area contributed by atoms with Crippen molar-refractivity contribution in [3.05, 3.63) is 29.0 Å². The Hall–Kier alpha value is -1.09. The average Bonchev–Trinajstić information content (AvgIpc) is 2.35. The van der Waals surface area contributed by atoms with Crippen molar-refractivity contribution in [1.82, 2.24) is 10.3 Å². The lowest BCUT2D eigenvalue weighted by atomic mass is 10.1. The fraction of sp³-hybridized carbons (Fsp3) is 0.571. The lowest BCUT2D eigenvalue weighted by molar-refractivity contribution is 0.0937. The molecule has 4 heteroatoms. The van der Waals surface area contributed by atoms with Crippen molar-refractivity contribution in [2.24, 2.45) is 0 Å². The molecule has 100 valence electrons. The minimum absolute atomic E-state index is 0.0813. The van der Waals surface area contributed by atoms with E-state index in [2.05, 4.69) is 17.2 Å². The van der Waals surface area contributed by atoms with Gasteiger partial charge in [-0.2, -0.15) is 0 Å². The lowest BCUT2D eigenvalue weighted by Gasteiger charge is -2.13. The largest absolute Gasteiger partial charge is 0.350 e. The molecule has 1 heterocycles. The maximum atomic E-state index is 11.9. The van der Waals surface area contributed by atoms with E-state index in [0.717, 1.165) is 12.8 Å². The number of amides is 1. The van der Waals surface area contributed by atoms with E-state index in [9.17, 15) is 4.79 Å². The molecule has 0 saturated heterocycles. The summed E-state index contributed by atoms with van der Waals surface area (Å²) >= 11 is 5.68. The summed E-state index contributed by atoms with van der Waals surface area (Å²) in [4.78, 5) is 15.8. The van der Waals surface area contributed by atoms with Gasteiger partial charge in [-0.3, -0.25) is 4.79 Å². The third-order valence-electron chi connectivity index (χ3n) is 2.86. The molecular weight excluding hydrogens is 248 g/mol. The molecule has 0 aliphatic carbocycles. The van der Waals surface area contributed by atoms with E-state index >= 15 is 0 Å². The second kappa shape index (κ2) is 8.09. The Morgan fingerprint density at radius 1 is 1.39 bits per heavy atom. The van der Waals surface area contributed by atoms with Gasteiger partial charge in [-0.15, -0.1) is 0 Å². The number of nitrogens with one attached hydrogen (secondary N) is 1. The van der Waals surface area contributed by atoms with Gasteiger partial charge < -0.3 is 5.32 Å². The van der Waals surface area contributed by atoms with Gasteiger partial charge in [0.05, 0.1) is 5.56 Å². The SMILES string of the molecule is CCCCCCC(C)NC(=O)c1ccc(Cl)nc1. The molecule has 1 aromatic heterocycles. The predicted octanol–water partition coefficient (Wildman–Crippen LogP) is 3.82. The molecule has 1 amide bonds. The van der Waals surface area contributed by atoms with Crippen molar-refractivity contribution < 1.29 is 4.79 Å². The van der Waals surface area contributed by atoms with Gasteiger partial charge in [0.2, 0.25) is 0 Å². The fourth-order valence-electron chi connectivity index (χ4n) is 1.77. The number of hydrogen-bond acceptors (Lipinski definition) is 2. The van der Waals surface area contributed by atoms with Crippen LogP contribution in [0.3, 0.4) is 0 Å². The summed E-state index contributed by atoms with van der Waals surface area (Å²) < 4.78 is 0. The first kappa shape index (κ1) is 15.0. The average molecular weight is 269 g/mol. The van der Waals surface area contributed by atoms with Crippen LogP contribution in [0.4, 0.5) is 0 Å². The first-order chi connectivity index (χ1) is 8.63. The Kier molecular flexibility index (Phi) is 6.73. The Morgan fingerprint density at radius 3 is 2.78 bits per heavy atom. The van der Waals surface area contributed by atoms with E-state index in [0.29, 0.717) is 10.7 Å². The number of rotatable bonds is 7. The van der Waals surface area contributed by atoms with Crippen LogP contribution in [0, 0.1) is 0 Å². The second-order valence-corrected chi connectivity index (χ2v) is 4.98. The summed E-state index contributed by atoms with van der Waals surface area (Å²) in [5.74, 6) is -0.0813. The zero-order valence-corrected chi connectivity index (χ0v) is 11.8. The van der Waals surface area contributed by atoms with Gasteiger partial charge in [0.25, 0.3) is 5.91 Å². The van der Waals surface area contributed by atoms with E-state index in [4.69, 9.17) is 11.6 Å². The van der Waals surface area contributed by atoms with Gasteiger partial charge in [-0.25, -0.2) is 4.98 Å². The smallest absolute Gasteiger partial charge is 0.253 e. The molecule has 1 atom stereocenters. The number of nitrogens with zero attached hydrogens (tertiary/aromatic N) is 1. The minimum atomic E-state index is -0.0813. The molecule has 1 aromatic rings. The Morgan fingerprint density at radius 2 is 2.17 bits per heavy atom. The van der Waals surface area contributed by atoms with E-state index in [1.807, 2.05) is 6.92 Å². The van der Waals surface area contributed by atoms with Crippen LogP contribution in [-0.4, -0.2) is 16.9 Å². The summed E-state index contributed by atoms with van der Waals surface area (Å²) in [7, 11) is 0. The zero-order chi connectivity index (χ0) is 13.4. The van der Waals surface area contributed by atoms with Crippen molar-refractivity contribution >= 4 is 17.5 Å². The van der Waals surface area contributed by atoms with Crippen LogP contribution in [0.5, 0.6) is 0 Å². The van der Waals surface area contributed by atoms with Gasteiger partial charge in [-0.1, -0.05) is 44.2 Å². The molecule has 0 spiro atoms. The third-order valence-corrected chi connectivity index (χ3v) is 3.08. The standard InChI is InChI=1S/C14H21ClN2O/c1-3-4-5-6-7-11(2)17-14(18)12-8-9-13(15)16-10-12/h8-11H,3-7H2,1-2H3,(H,17,18). The molecule has 0 aliphatic rings. The molecular formula is C14H21ClN2O. The first-order valence-electron chi connectivity index (χ1n) is 6.56. The first-order valence-corrected chi connectivity index (χ1v) is 6.93. The highest BCUT2D eigenvalue weighted by molar-refractivity contribution is 6.29. The van der Waals surface area contributed by atoms with Crippen LogP contribution in [0.1, 0.15) is 56.3 Å². The van der Waals surface area contributed by atoms with E-state index in [1.54, 1.807) is 12.1 Å². The predicted molar refractivity (Wildman–Crippen MR) is 74.9 cm³/mol. The monoisotopic (exact) mass is 268 g/mol. The van der Waals surface area contributed by atoms with Crippen molar-refractivity contribution in [3.63, 3.8) is 0 Å². The summed E-state index contributed by atoms with van der Waals surface area (Å²) in [6.07, 6.45) is 7.42. The van der Waals surface area contributed by atoms with Gasteiger partial charge in [-0.05, 0) is 25.5 Å². The molecule has 0 aromatic carbocycles. The highest BCUT2D eigenvalue weighted by atomic mass is 35.5. The van der Waals surface area contributed by atoms with Gasteiger partial charge in [0.15, 0.2) is 0 Å². The number of aromatic nitrogens is 1. The molecule has 0 radical (unpaired) electrons. The molecule has 0 bridgehead atoms. The van der Waals surface area contributed by atoms with Crippen molar-refractivity contribution in [2.45, 2.75) is 52.0 Å². The molecule has 1 rings (SSSR count). The Balaban J connectivity index is 2.33. The summed E-state index contributed by atoms with van der Waals surface area (Å²) in [6.45, 7) is 4.23. The van der Waals surface area contributed by atoms with Crippen molar-refractivity contribution in [3.8, 4) is 0 Å². The minimum Gasteiger partial charge on any atom is -0.350 e. The van der Waals surface area contributed by atoms with E-state index in [1.165, 1.54) is 25.5 Å². The fourth-order valence-corrected chi connectivity index (χ4v) is 1.88. The highest BCUT2D eigenvalue weighted by Crippen LogP contribution is 2.08. The highest BCUT2D eigenvalue weighted by Gasteiger charge is 2.09. The number of pyridine rings is 1. The van der Waals surface area contributed by atoms with E-state index in [-0.39, 0.29) is 11.9 Å². The molecule has 1 N–H and O–H groups in total. The summed E-state index contributed by atoms with van der Waals surface area (Å²) in [6, 6.07) is 3.52. The zero-order valence-electron chi connectivity index (χ0n) is 11.1. The molecule has 0 saturated carbocycles. The number of carbonyl (C=O) groups excluding carboxylic acids is 1. The third kappa shape index (κ3) is 5.50. The maximum absolute atomic E-state index is 11.9. The molecule has 3 nitrogen and oxygen atoms in total. The lowest BCUT2D eigenvalue weighted by Crippen LogP contribution is -2.32. The maximum Gasteiger partial charge on any atom is 0.253 e. The topological polar surface area (TPSA) is 42.0 Å². The number of hydrogen-bond donors (Lipinski definition) is 1. The summed E-state index contributed by atoms with van der Waals surface area (Å²) in [5, 5.41) is 3.37. The molecule has 1 unspecified atom stereocenters. The molecule has 0 fully saturated rings. The second-order valence-electron chi connectivity index (χ2n) is 4.59. The van der Waals surface area contributed by atoms with Crippen LogP contribution in [0.15, 0.2) is 18.3 Å². The van der Waals surface area contributed by atoms with Gasteiger partial charge in [0, 0.05) is 12.2 Å². The number of halogens is 1. The number of carbonyl (C=O) groups is 1. The van der Waals surface area contributed by atoms with Crippen LogP contribution in [0.25, 0.3) is 0 Å². The van der Waals surface area contributed by atoms with Crippen LogP contribution < -0.4 is 5.32 Å². The van der Waals surface area contributed by atoms with Crippen molar-refractivity contribution in [2.75, 3.05) is 0 Å². The van der Waals surface area contributed by atoms with Crippen LogP contribution in [-0.2, 0) is 0 Å². The summed E-state index contributed by atoms with van der Waals surface area (Å²) in [5.41, 5.74) is 0.555. The normalized spacial score (nSPS) is 12.2. The van der Waals surface area contributed by atoms with Gasteiger partial charge in [0.1, 0.15) is 5.15 Å². The molecule has 0 aliphatic heterocycles. The van der Waals surface area contributed by atoms with E-state index < -0.39 is 0 Å². The Bertz CT molecular complexity index is 365. The van der Waals surface area contributed by atoms with Crippen molar-refractivity contribution in [1.29, 1.82) is 0 Å². The van der Waals surface area contributed by atoms with Crippen LogP contribution >= 0.6 is 11.6 Å². The Labute approximate surface area is 114 Å². The van der Waals surface area contributed by atoms with Crippen LogP contribution in [0.2, 0.25) is 5.15 Å². The number of unbranched alkanes of at least 4 members (excludes halogenated alkanes) is 3.